The molecule has 0 radical (unpaired) electrons. The Morgan fingerprint density at radius 3 is 2.71 bits per heavy atom. The third kappa shape index (κ3) is 2.33. The summed E-state index contributed by atoms with van der Waals surface area (Å²) in [6.07, 6.45) is 0.115. The van der Waals surface area contributed by atoms with E-state index >= 15 is 0 Å². The van der Waals surface area contributed by atoms with Gasteiger partial charge in [0.2, 0.25) is 0 Å². The lowest BCUT2D eigenvalue weighted by Gasteiger charge is -2.22. The fourth-order valence-electron chi connectivity index (χ4n) is 0.796. The van der Waals surface area contributed by atoms with Gasteiger partial charge in [-0.25, -0.2) is 9.59 Å². The van der Waals surface area contributed by atoms with Gasteiger partial charge in [-0.1, -0.05) is 0 Å². The number of guanidine groups is 1. The van der Waals surface area contributed by atoms with Gasteiger partial charge in [0.25, 0.3) is 5.96 Å². The summed E-state index contributed by atoms with van der Waals surface area (Å²) in [5.74, 6) is -2.17. The fraction of sp³-hybridized carbons (Fsp3) is 0.500. The number of nitrogens with zero attached hydrogens (tertiary/aromatic N) is 1. The van der Waals surface area contributed by atoms with Crippen molar-refractivity contribution < 1.29 is 19.3 Å². The largest absolute Gasteiger partial charge is 0.365 e. The van der Waals surface area contributed by atoms with Crippen molar-refractivity contribution in [1.82, 2.24) is 5.23 Å². The summed E-state index contributed by atoms with van der Waals surface area (Å²) in [6.45, 7) is 0. The van der Waals surface area contributed by atoms with E-state index in [1.807, 2.05) is 0 Å². The Morgan fingerprint density at radius 2 is 2.14 bits per heavy atom. The van der Waals surface area contributed by atoms with Crippen LogP contribution in [0.3, 0.4) is 0 Å². The van der Waals surface area contributed by atoms with E-state index < -0.39 is 23.9 Å². The molecule has 0 aromatic heterocycles. The third-order valence-electron chi connectivity index (χ3n) is 1.52. The first-order valence-corrected chi connectivity index (χ1v) is 3.83. The topological polar surface area (TPSA) is 132 Å². The predicted octanol–water partition coefficient (Wildman–Crippen LogP) is -1.78. The van der Waals surface area contributed by atoms with E-state index in [1.165, 1.54) is 0 Å². The van der Waals surface area contributed by atoms with Crippen molar-refractivity contribution in [2.45, 2.75) is 18.9 Å². The molecular formula is C6H10N4O4. The summed E-state index contributed by atoms with van der Waals surface area (Å²) in [5.41, 5.74) is 10.3. The van der Waals surface area contributed by atoms with Crippen LogP contribution in [0.1, 0.15) is 12.8 Å². The molecule has 0 aromatic rings. The summed E-state index contributed by atoms with van der Waals surface area (Å²) in [7, 11) is 0. The Bertz CT molecular complexity index is 279. The Kier molecular flexibility index (Phi) is 2.87. The third-order valence-corrected chi connectivity index (χ3v) is 1.52. The Morgan fingerprint density at radius 1 is 1.50 bits per heavy atom. The number of rotatable bonds is 0. The van der Waals surface area contributed by atoms with E-state index in [1.54, 1.807) is 0 Å². The second kappa shape index (κ2) is 3.92. The van der Waals surface area contributed by atoms with Gasteiger partial charge in [-0.3, -0.25) is 5.41 Å². The van der Waals surface area contributed by atoms with E-state index in [-0.39, 0.29) is 18.1 Å². The van der Waals surface area contributed by atoms with E-state index in [9.17, 15) is 9.59 Å². The van der Waals surface area contributed by atoms with Gasteiger partial charge in [0.1, 0.15) is 6.04 Å². The summed E-state index contributed by atoms with van der Waals surface area (Å²) in [6, 6.07) is -0.912. The number of nitrogens with one attached hydrogen (secondary N) is 1. The number of hydrogen-bond acceptors (Lipinski definition) is 6. The number of carbonyl (C=O) groups is 2. The summed E-state index contributed by atoms with van der Waals surface area (Å²) >= 11 is 0. The summed E-state index contributed by atoms with van der Waals surface area (Å²) in [5, 5.41) is 7.15. The van der Waals surface area contributed by atoms with E-state index in [0.29, 0.717) is 0 Å². The molecule has 1 aliphatic heterocycles. The highest BCUT2D eigenvalue weighted by molar-refractivity contribution is 5.82. The molecule has 1 fully saturated rings. The summed E-state index contributed by atoms with van der Waals surface area (Å²) in [4.78, 5) is 30.8. The normalized spacial score (nSPS) is 23.2. The van der Waals surface area contributed by atoms with Gasteiger partial charge >= 0.3 is 11.9 Å². The lowest BCUT2D eigenvalue weighted by atomic mass is 10.2. The molecule has 5 N–H and O–H groups in total. The molecule has 0 spiro atoms. The first-order chi connectivity index (χ1) is 6.50. The van der Waals surface area contributed by atoms with Gasteiger partial charge in [0.15, 0.2) is 0 Å². The molecule has 1 saturated heterocycles. The van der Waals surface area contributed by atoms with E-state index in [4.69, 9.17) is 16.9 Å². The van der Waals surface area contributed by atoms with Gasteiger partial charge in [0, 0.05) is 5.23 Å². The molecule has 1 aliphatic rings. The molecule has 78 valence electrons. The molecule has 0 bridgehead atoms. The Hall–Kier alpha value is -1.83. The number of carbonyl (C=O) groups excluding carboxylic acids is 2. The highest BCUT2D eigenvalue weighted by atomic mass is 17.0. The van der Waals surface area contributed by atoms with Gasteiger partial charge in [-0.15, -0.1) is 0 Å². The average Bonchev–Trinajstić information content (AvgIpc) is 2.11. The zero-order valence-corrected chi connectivity index (χ0v) is 7.23. The van der Waals surface area contributed by atoms with Gasteiger partial charge in [0.05, 0.1) is 6.42 Å². The summed E-state index contributed by atoms with van der Waals surface area (Å²) < 4.78 is 0. The number of nitrogens with two attached hydrogens (primary N) is 2. The van der Waals surface area contributed by atoms with Crippen molar-refractivity contribution in [2.24, 2.45) is 11.5 Å². The van der Waals surface area contributed by atoms with Crippen LogP contribution in [0.4, 0.5) is 0 Å². The van der Waals surface area contributed by atoms with Gasteiger partial charge < -0.3 is 21.1 Å². The van der Waals surface area contributed by atoms with Crippen molar-refractivity contribution in [1.29, 1.82) is 5.41 Å². The highest BCUT2D eigenvalue weighted by Gasteiger charge is 2.27. The van der Waals surface area contributed by atoms with Crippen LogP contribution in [0.2, 0.25) is 0 Å². The monoisotopic (exact) mass is 202 g/mol. The average molecular weight is 202 g/mol. The molecule has 0 saturated carbocycles. The lowest BCUT2D eigenvalue weighted by Crippen LogP contribution is -2.46. The molecule has 1 atom stereocenters. The molecule has 8 heteroatoms. The maximum Gasteiger partial charge on any atom is 0.353 e. The molecule has 1 rings (SSSR count). The van der Waals surface area contributed by atoms with Crippen LogP contribution in [-0.4, -0.2) is 29.2 Å². The SMILES string of the molecule is N=C(N)N1OC(=O)CC[C@@H](N)C(=O)O1. The molecule has 0 aromatic carbocycles. The van der Waals surface area contributed by atoms with Crippen molar-refractivity contribution in [3.05, 3.63) is 0 Å². The van der Waals surface area contributed by atoms with Crippen LogP contribution in [0.5, 0.6) is 0 Å². The van der Waals surface area contributed by atoms with Crippen LogP contribution in [-0.2, 0) is 19.3 Å². The van der Waals surface area contributed by atoms with Crippen LogP contribution in [0.25, 0.3) is 0 Å². The second-order valence-corrected chi connectivity index (χ2v) is 2.66. The molecule has 1 heterocycles. The first-order valence-electron chi connectivity index (χ1n) is 3.83. The maximum absolute atomic E-state index is 11.1. The highest BCUT2D eigenvalue weighted by Crippen LogP contribution is 2.07. The van der Waals surface area contributed by atoms with Crippen LogP contribution < -0.4 is 11.5 Å². The predicted molar refractivity (Wildman–Crippen MR) is 43.1 cm³/mol. The zero-order valence-electron chi connectivity index (χ0n) is 7.23. The van der Waals surface area contributed by atoms with Crippen molar-refractivity contribution in [3.63, 3.8) is 0 Å². The number of hydroxylamine groups is 2. The van der Waals surface area contributed by atoms with E-state index in [2.05, 4.69) is 9.68 Å². The second-order valence-electron chi connectivity index (χ2n) is 2.66. The van der Waals surface area contributed by atoms with Crippen molar-refractivity contribution >= 4 is 17.9 Å². The fourth-order valence-corrected chi connectivity index (χ4v) is 0.796. The molecule has 0 unspecified atom stereocenters. The van der Waals surface area contributed by atoms with Crippen LogP contribution in [0, 0.1) is 5.41 Å². The Labute approximate surface area is 79.1 Å². The van der Waals surface area contributed by atoms with Crippen LogP contribution in [0.15, 0.2) is 0 Å². The van der Waals surface area contributed by atoms with Gasteiger partial charge in [-0.2, -0.15) is 0 Å². The minimum Gasteiger partial charge on any atom is -0.365 e. The minimum atomic E-state index is -0.912. The van der Waals surface area contributed by atoms with Crippen LogP contribution >= 0.6 is 0 Å². The minimum absolute atomic E-state index is 0.0277. The zero-order chi connectivity index (χ0) is 10.7. The molecule has 0 aliphatic carbocycles. The van der Waals surface area contributed by atoms with Crippen molar-refractivity contribution in [3.8, 4) is 0 Å². The van der Waals surface area contributed by atoms with Gasteiger partial charge in [-0.05, 0) is 6.42 Å². The molecule has 8 nitrogen and oxygen atoms in total. The lowest BCUT2D eigenvalue weighted by molar-refractivity contribution is -0.287. The Balaban J connectivity index is 2.73. The standard InChI is InChI=1S/C6H10N4O4/c7-3-1-2-4(11)13-10(6(8)9)14-5(3)12/h3H,1-2,7H2,(H3,8,9)/t3-/m1/s1. The van der Waals surface area contributed by atoms with Crippen molar-refractivity contribution in [2.75, 3.05) is 0 Å². The molecule has 14 heavy (non-hydrogen) atoms. The smallest absolute Gasteiger partial charge is 0.353 e. The number of hydrogen-bond donors (Lipinski definition) is 3. The quantitative estimate of drug-likeness (QED) is 0.312. The molecular weight excluding hydrogens is 192 g/mol. The first kappa shape index (κ1) is 10.3. The maximum atomic E-state index is 11.1. The molecule has 0 amide bonds. The van der Waals surface area contributed by atoms with E-state index in [0.717, 1.165) is 0 Å².